The molecule has 1 aliphatic rings. The smallest absolute Gasteiger partial charge is 0.135 e. The second kappa shape index (κ2) is 5.92. The summed E-state index contributed by atoms with van der Waals surface area (Å²) in [6.45, 7) is 0. The maximum absolute atomic E-state index is 5.96. The van der Waals surface area contributed by atoms with Crippen LogP contribution in [0.5, 0.6) is 0 Å². The molecule has 0 spiro atoms. The molecule has 2 aromatic rings. The number of nitrogen functional groups attached to an aromatic ring is 1. The molecule has 1 saturated carbocycles. The van der Waals surface area contributed by atoms with Crippen LogP contribution < -0.4 is 5.73 Å². The molecule has 3 nitrogen and oxygen atoms in total. The van der Waals surface area contributed by atoms with Crippen molar-refractivity contribution in [2.24, 2.45) is 0 Å². The minimum Gasteiger partial charge on any atom is -0.384 e. The van der Waals surface area contributed by atoms with E-state index >= 15 is 0 Å². The number of rotatable bonds is 3. The third-order valence-electron chi connectivity index (χ3n) is 3.89. The van der Waals surface area contributed by atoms with Crippen LogP contribution in [0.4, 0.5) is 5.82 Å². The van der Waals surface area contributed by atoms with E-state index in [0.29, 0.717) is 18.2 Å². The van der Waals surface area contributed by atoms with Crippen molar-refractivity contribution in [1.82, 2.24) is 9.97 Å². The molecule has 0 radical (unpaired) electrons. The van der Waals surface area contributed by atoms with Gasteiger partial charge in [-0.15, -0.1) is 0 Å². The van der Waals surface area contributed by atoms with Crippen molar-refractivity contribution in [2.45, 2.75) is 38.0 Å². The Balaban J connectivity index is 1.88. The summed E-state index contributed by atoms with van der Waals surface area (Å²) in [5, 5.41) is 0. The van der Waals surface area contributed by atoms with Gasteiger partial charge in [0.2, 0.25) is 0 Å². The summed E-state index contributed by atoms with van der Waals surface area (Å²) >= 11 is 3.57. The molecule has 0 saturated heterocycles. The first-order valence-corrected chi connectivity index (χ1v) is 7.88. The molecule has 3 rings (SSSR count). The molecule has 0 amide bonds. The van der Waals surface area contributed by atoms with Crippen molar-refractivity contribution in [3.63, 3.8) is 0 Å². The van der Waals surface area contributed by atoms with E-state index in [1.165, 1.54) is 31.2 Å². The predicted molar refractivity (Wildman–Crippen MR) is 84.6 cm³/mol. The summed E-state index contributed by atoms with van der Waals surface area (Å²) in [5.41, 5.74) is 8.27. The summed E-state index contributed by atoms with van der Waals surface area (Å²) in [4.78, 5) is 9.13. The molecule has 0 unspecified atom stereocenters. The number of halogens is 1. The van der Waals surface area contributed by atoms with Gasteiger partial charge in [0.1, 0.15) is 11.6 Å². The molecule has 20 heavy (non-hydrogen) atoms. The number of anilines is 1. The lowest BCUT2D eigenvalue weighted by atomic mass is 10.0. The molecule has 104 valence electrons. The first-order valence-electron chi connectivity index (χ1n) is 7.09. The molecular formula is C16H18BrN3. The summed E-state index contributed by atoms with van der Waals surface area (Å²) in [6.07, 6.45) is 5.77. The monoisotopic (exact) mass is 331 g/mol. The van der Waals surface area contributed by atoms with Gasteiger partial charge in [0, 0.05) is 28.6 Å². The molecular weight excluding hydrogens is 314 g/mol. The van der Waals surface area contributed by atoms with E-state index in [-0.39, 0.29) is 0 Å². The number of hydrogen-bond donors (Lipinski definition) is 1. The predicted octanol–water partition coefficient (Wildman–Crippen LogP) is 4.07. The van der Waals surface area contributed by atoms with Gasteiger partial charge in [-0.1, -0.05) is 47.0 Å². The van der Waals surface area contributed by atoms with Crippen LogP contribution in [0, 0.1) is 0 Å². The summed E-state index contributed by atoms with van der Waals surface area (Å²) in [5.74, 6) is 1.97. The lowest BCUT2D eigenvalue weighted by Gasteiger charge is -2.11. The van der Waals surface area contributed by atoms with Crippen LogP contribution in [-0.2, 0) is 6.42 Å². The van der Waals surface area contributed by atoms with Gasteiger partial charge < -0.3 is 5.73 Å². The topological polar surface area (TPSA) is 51.8 Å². The molecule has 1 heterocycles. The first kappa shape index (κ1) is 13.6. The maximum atomic E-state index is 5.96. The Hall–Kier alpha value is -1.42. The first-order chi connectivity index (χ1) is 9.72. The quantitative estimate of drug-likeness (QED) is 0.922. The summed E-state index contributed by atoms with van der Waals surface area (Å²) in [6, 6.07) is 10.1. The summed E-state index contributed by atoms with van der Waals surface area (Å²) < 4.78 is 1.09. The van der Waals surface area contributed by atoms with E-state index in [2.05, 4.69) is 27.0 Å². The van der Waals surface area contributed by atoms with Gasteiger partial charge in [-0.2, -0.15) is 0 Å². The Labute approximate surface area is 127 Å². The highest BCUT2D eigenvalue weighted by atomic mass is 79.9. The zero-order chi connectivity index (χ0) is 13.9. The van der Waals surface area contributed by atoms with E-state index in [0.717, 1.165) is 16.0 Å². The molecule has 0 bridgehead atoms. The molecule has 1 aromatic heterocycles. The van der Waals surface area contributed by atoms with Gasteiger partial charge in [0.25, 0.3) is 0 Å². The Morgan fingerprint density at radius 2 is 1.90 bits per heavy atom. The van der Waals surface area contributed by atoms with Crippen LogP contribution >= 0.6 is 15.9 Å². The fourth-order valence-corrected chi connectivity index (χ4v) is 3.29. The lowest BCUT2D eigenvalue weighted by Crippen LogP contribution is -2.06. The van der Waals surface area contributed by atoms with Gasteiger partial charge >= 0.3 is 0 Å². The zero-order valence-corrected chi connectivity index (χ0v) is 12.9. The van der Waals surface area contributed by atoms with Crippen LogP contribution in [0.1, 0.15) is 48.7 Å². The third-order valence-corrected chi connectivity index (χ3v) is 4.67. The molecule has 1 aromatic carbocycles. The van der Waals surface area contributed by atoms with Crippen LogP contribution in [0.2, 0.25) is 0 Å². The van der Waals surface area contributed by atoms with Gasteiger partial charge in [-0.05, 0) is 24.5 Å². The summed E-state index contributed by atoms with van der Waals surface area (Å²) in [7, 11) is 0. The maximum Gasteiger partial charge on any atom is 0.135 e. The standard InChI is InChI=1S/C16H18BrN3/c17-13-8-4-3-7-12(13)9-16-19-14(10-15(18)20-16)11-5-1-2-6-11/h3-4,7-8,10-11H,1-2,5-6,9H2,(H2,18,19,20). The zero-order valence-electron chi connectivity index (χ0n) is 11.3. The van der Waals surface area contributed by atoms with Gasteiger partial charge in [0.15, 0.2) is 0 Å². The highest BCUT2D eigenvalue weighted by Gasteiger charge is 2.19. The van der Waals surface area contributed by atoms with E-state index in [1.807, 2.05) is 24.3 Å². The van der Waals surface area contributed by atoms with Gasteiger partial charge in [-0.25, -0.2) is 9.97 Å². The molecule has 4 heteroatoms. The Kier molecular flexibility index (Phi) is 4.01. The molecule has 1 fully saturated rings. The molecule has 0 atom stereocenters. The number of benzene rings is 1. The van der Waals surface area contributed by atoms with Crippen molar-refractivity contribution in [3.8, 4) is 0 Å². The number of hydrogen-bond acceptors (Lipinski definition) is 3. The Morgan fingerprint density at radius 1 is 1.15 bits per heavy atom. The third kappa shape index (κ3) is 3.01. The second-order valence-electron chi connectivity index (χ2n) is 5.38. The van der Waals surface area contributed by atoms with Crippen molar-refractivity contribution in [2.75, 3.05) is 5.73 Å². The van der Waals surface area contributed by atoms with Crippen LogP contribution in [0.25, 0.3) is 0 Å². The molecule has 0 aliphatic heterocycles. The molecule has 2 N–H and O–H groups in total. The minimum atomic E-state index is 0.568. The van der Waals surface area contributed by atoms with Crippen LogP contribution in [0.3, 0.4) is 0 Å². The van der Waals surface area contributed by atoms with E-state index in [1.54, 1.807) is 0 Å². The average Bonchev–Trinajstić information content (AvgIpc) is 2.95. The highest BCUT2D eigenvalue weighted by Crippen LogP contribution is 2.33. The Morgan fingerprint density at radius 3 is 2.65 bits per heavy atom. The highest BCUT2D eigenvalue weighted by molar-refractivity contribution is 9.10. The molecule has 1 aliphatic carbocycles. The fourth-order valence-electron chi connectivity index (χ4n) is 2.86. The second-order valence-corrected chi connectivity index (χ2v) is 6.24. The van der Waals surface area contributed by atoms with Gasteiger partial charge in [-0.3, -0.25) is 0 Å². The lowest BCUT2D eigenvalue weighted by molar-refractivity contribution is 0.687. The minimum absolute atomic E-state index is 0.568. The normalized spacial score (nSPS) is 15.7. The Bertz CT molecular complexity index is 606. The largest absolute Gasteiger partial charge is 0.384 e. The average molecular weight is 332 g/mol. The van der Waals surface area contributed by atoms with Crippen molar-refractivity contribution in [3.05, 3.63) is 51.9 Å². The SMILES string of the molecule is Nc1cc(C2CCCC2)nc(Cc2ccccc2Br)n1. The van der Waals surface area contributed by atoms with Crippen LogP contribution in [0.15, 0.2) is 34.8 Å². The van der Waals surface area contributed by atoms with Gasteiger partial charge in [0.05, 0.1) is 0 Å². The van der Waals surface area contributed by atoms with Crippen LogP contribution in [-0.4, -0.2) is 9.97 Å². The van der Waals surface area contributed by atoms with E-state index in [4.69, 9.17) is 10.7 Å². The fraction of sp³-hybridized carbons (Fsp3) is 0.375. The number of aromatic nitrogens is 2. The van der Waals surface area contributed by atoms with Crippen molar-refractivity contribution in [1.29, 1.82) is 0 Å². The van der Waals surface area contributed by atoms with Crippen molar-refractivity contribution >= 4 is 21.7 Å². The number of nitrogens with zero attached hydrogens (tertiary/aromatic N) is 2. The number of nitrogens with two attached hydrogens (primary N) is 1. The van der Waals surface area contributed by atoms with Crippen molar-refractivity contribution < 1.29 is 0 Å². The van der Waals surface area contributed by atoms with E-state index in [9.17, 15) is 0 Å². The van der Waals surface area contributed by atoms with E-state index < -0.39 is 0 Å².